The zero-order chi connectivity index (χ0) is 30.8. The molecule has 0 radical (unpaired) electrons. The highest BCUT2D eigenvalue weighted by molar-refractivity contribution is 5.48. The van der Waals surface area contributed by atoms with Crippen LogP contribution in [0.4, 0.5) is 14.6 Å². The predicted molar refractivity (Wildman–Crippen MR) is 169 cm³/mol. The van der Waals surface area contributed by atoms with Crippen LogP contribution in [-0.2, 0) is 6.54 Å². The van der Waals surface area contributed by atoms with Crippen LogP contribution in [0.25, 0.3) is 11.9 Å². The molecule has 0 spiro atoms. The van der Waals surface area contributed by atoms with Crippen molar-refractivity contribution in [2.75, 3.05) is 31.6 Å². The van der Waals surface area contributed by atoms with E-state index in [2.05, 4.69) is 45.8 Å². The van der Waals surface area contributed by atoms with Gasteiger partial charge in [0.1, 0.15) is 5.69 Å². The van der Waals surface area contributed by atoms with Gasteiger partial charge in [0.25, 0.3) is 5.78 Å². The summed E-state index contributed by atoms with van der Waals surface area (Å²) in [6, 6.07) is 1.89. The van der Waals surface area contributed by atoms with E-state index in [9.17, 15) is 8.78 Å². The van der Waals surface area contributed by atoms with E-state index < -0.39 is 5.92 Å². The van der Waals surface area contributed by atoms with Gasteiger partial charge in [-0.05, 0) is 90.3 Å². The van der Waals surface area contributed by atoms with Gasteiger partial charge in [0.15, 0.2) is 5.82 Å². The highest BCUT2D eigenvalue weighted by Crippen LogP contribution is 2.41. The quantitative estimate of drug-likeness (QED) is 0.343. The molecule has 2 aliphatic heterocycles. The van der Waals surface area contributed by atoms with Crippen LogP contribution in [0.5, 0.6) is 0 Å². The lowest BCUT2D eigenvalue weighted by Crippen LogP contribution is -2.32. The predicted octanol–water partition coefficient (Wildman–Crippen LogP) is 6.33. The van der Waals surface area contributed by atoms with Crippen LogP contribution in [0.2, 0.25) is 0 Å². The van der Waals surface area contributed by atoms with Crippen molar-refractivity contribution in [1.82, 2.24) is 40.0 Å². The second-order valence-electron chi connectivity index (χ2n) is 11.7. The number of imidazole rings is 1. The molecule has 3 aliphatic rings. The topological polar surface area (TPSA) is 88.2 Å². The van der Waals surface area contributed by atoms with Crippen LogP contribution >= 0.6 is 0 Å². The van der Waals surface area contributed by atoms with Gasteiger partial charge in [0, 0.05) is 50.9 Å². The van der Waals surface area contributed by atoms with Gasteiger partial charge >= 0.3 is 0 Å². The van der Waals surface area contributed by atoms with Crippen molar-refractivity contribution in [3.05, 3.63) is 54.4 Å². The number of aromatic nitrogens is 6. The lowest BCUT2D eigenvalue weighted by atomic mass is 9.81. The summed E-state index contributed by atoms with van der Waals surface area (Å²) < 4.78 is 30.6. The lowest BCUT2D eigenvalue weighted by molar-refractivity contribution is -0.0496. The molecule has 1 atom stereocenters. The second-order valence-corrected chi connectivity index (χ2v) is 11.7. The van der Waals surface area contributed by atoms with Crippen molar-refractivity contribution in [2.45, 2.75) is 96.6 Å². The Morgan fingerprint density at radius 1 is 1.14 bits per heavy atom. The Bertz CT molecular complexity index is 1310. The Morgan fingerprint density at radius 2 is 1.88 bits per heavy atom. The Hall–Kier alpha value is -3.34. The third kappa shape index (κ3) is 8.84. The van der Waals surface area contributed by atoms with E-state index in [4.69, 9.17) is 9.97 Å². The molecule has 1 unspecified atom stereocenters. The third-order valence-corrected chi connectivity index (χ3v) is 8.53. The number of alkyl halides is 2. The summed E-state index contributed by atoms with van der Waals surface area (Å²) in [7, 11) is 1.87. The van der Waals surface area contributed by atoms with Crippen molar-refractivity contribution in [3.8, 4) is 0 Å². The average molecular weight is 598 g/mol. The molecule has 0 aromatic carbocycles. The first-order valence-corrected chi connectivity index (χ1v) is 15.8. The first-order chi connectivity index (χ1) is 20.7. The van der Waals surface area contributed by atoms with E-state index in [0.717, 1.165) is 49.1 Å². The van der Waals surface area contributed by atoms with Crippen LogP contribution in [-0.4, -0.2) is 62.0 Å². The maximum Gasteiger partial charge on any atom is 0.252 e. The fourth-order valence-corrected chi connectivity index (χ4v) is 6.08. The molecule has 5 heterocycles. The molecular weight excluding hydrogens is 548 g/mol. The summed E-state index contributed by atoms with van der Waals surface area (Å²) >= 11 is 0. The van der Waals surface area contributed by atoms with E-state index in [1.165, 1.54) is 44.2 Å². The summed E-state index contributed by atoms with van der Waals surface area (Å²) in [5.74, 6) is -0.866. The van der Waals surface area contributed by atoms with Crippen molar-refractivity contribution in [3.63, 3.8) is 0 Å². The molecule has 11 heteroatoms. The largest absolute Gasteiger partial charge is 0.389 e. The minimum Gasteiger partial charge on any atom is -0.389 e. The van der Waals surface area contributed by atoms with Gasteiger partial charge in [0.05, 0.1) is 23.6 Å². The number of nitrogens with one attached hydrogen (secondary N) is 2. The number of fused-ring (bicyclic) bond motifs is 1. The van der Waals surface area contributed by atoms with Gasteiger partial charge in [-0.3, -0.25) is 4.68 Å². The minimum atomic E-state index is -2.52. The molecule has 236 valence electrons. The van der Waals surface area contributed by atoms with Gasteiger partial charge in [-0.2, -0.15) is 15.2 Å². The SMILES string of the molecule is C=C1CCCCN1.C=Cc1ccnn1CC.CNC(c1cn2nc(C)c(N3CCCCC3)nc2n1)C1CCC(F)(F)CC1. The number of piperidine rings is 2. The van der Waals surface area contributed by atoms with E-state index in [0.29, 0.717) is 18.6 Å². The smallest absolute Gasteiger partial charge is 0.252 e. The highest BCUT2D eigenvalue weighted by atomic mass is 19.3. The molecular formula is C32H49F2N9. The van der Waals surface area contributed by atoms with E-state index in [1.807, 2.05) is 30.9 Å². The molecule has 2 saturated heterocycles. The van der Waals surface area contributed by atoms with Crippen LogP contribution in [0, 0.1) is 12.8 Å². The van der Waals surface area contributed by atoms with Crippen LogP contribution in [0.3, 0.4) is 0 Å². The van der Waals surface area contributed by atoms with Crippen molar-refractivity contribution >= 4 is 17.7 Å². The Labute approximate surface area is 254 Å². The zero-order valence-corrected chi connectivity index (χ0v) is 26.2. The molecule has 0 amide bonds. The fraction of sp³-hybridized carbons (Fsp3) is 0.625. The van der Waals surface area contributed by atoms with Crippen molar-refractivity contribution < 1.29 is 8.78 Å². The first-order valence-electron chi connectivity index (χ1n) is 15.8. The highest BCUT2D eigenvalue weighted by Gasteiger charge is 2.38. The van der Waals surface area contributed by atoms with Crippen molar-refractivity contribution in [1.29, 1.82) is 0 Å². The van der Waals surface area contributed by atoms with Crippen LogP contribution in [0.15, 0.2) is 37.3 Å². The molecule has 3 aromatic heterocycles. The maximum atomic E-state index is 13.5. The zero-order valence-electron chi connectivity index (χ0n) is 26.2. The Morgan fingerprint density at radius 3 is 2.44 bits per heavy atom. The number of anilines is 1. The summed E-state index contributed by atoms with van der Waals surface area (Å²) in [6.07, 6.45) is 13.8. The number of aryl methyl sites for hydroxylation is 2. The molecule has 2 N–H and O–H groups in total. The Kier molecular flexibility index (Phi) is 11.7. The Balaban J connectivity index is 0.000000215. The van der Waals surface area contributed by atoms with Crippen LogP contribution < -0.4 is 15.5 Å². The standard InChI is InChI=1S/C19H28F2N6.C7H10N2.C6H11N/c1-13-17(26-10-4-3-5-11-26)24-18-23-15(12-27(18)25-13)16(22-2)14-6-8-19(20,21)9-7-14;1-3-7-5-6-8-9(7)4-2;1-6-4-2-3-5-7-6/h12,14,16,22H,3-11H2,1-2H3;3,5-6H,1,4H2,2H3;7H,1-5H2. The first kappa shape index (κ1) is 32.6. The van der Waals surface area contributed by atoms with Gasteiger partial charge in [-0.25, -0.2) is 18.3 Å². The second kappa shape index (κ2) is 15.4. The normalized spacial score (nSPS) is 19.5. The van der Waals surface area contributed by atoms with E-state index >= 15 is 0 Å². The fourth-order valence-electron chi connectivity index (χ4n) is 6.08. The van der Waals surface area contributed by atoms with Gasteiger partial charge < -0.3 is 15.5 Å². The number of allylic oxidation sites excluding steroid dienone is 1. The summed E-state index contributed by atoms with van der Waals surface area (Å²) in [4.78, 5) is 11.8. The van der Waals surface area contributed by atoms with E-state index in [-0.39, 0.29) is 24.8 Å². The number of hydrogen-bond acceptors (Lipinski definition) is 7. The number of halogens is 2. The van der Waals surface area contributed by atoms with Crippen LogP contribution in [0.1, 0.15) is 94.3 Å². The third-order valence-electron chi connectivity index (χ3n) is 8.53. The molecule has 6 rings (SSSR count). The van der Waals surface area contributed by atoms with Gasteiger partial charge in [-0.1, -0.05) is 13.2 Å². The molecule has 43 heavy (non-hydrogen) atoms. The molecule has 0 bridgehead atoms. The number of nitrogens with zero attached hydrogens (tertiary/aromatic N) is 7. The maximum absolute atomic E-state index is 13.5. The summed E-state index contributed by atoms with van der Waals surface area (Å²) in [6.45, 7) is 15.6. The monoisotopic (exact) mass is 597 g/mol. The molecule has 1 aliphatic carbocycles. The molecule has 3 aromatic rings. The number of hydrogen-bond donors (Lipinski definition) is 2. The average Bonchev–Trinajstić information content (AvgIpc) is 3.66. The summed E-state index contributed by atoms with van der Waals surface area (Å²) in [5.41, 5.74) is 4.03. The van der Waals surface area contributed by atoms with E-state index in [1.54, 1.807) is 16.8 Å². The molecule has 9 nitrogen and oxygen atoms in total. The van der Waals surface area contributed by atoms with Crippen molar-refractivity contribution in [2.24, 2.45) is 5.92 Å². The molecule has 3 fully saturated rings. The molecule has 1 saturated carbocycles. The van der Waals surface area contributed by atoms with Gasteiger partial charge in [0.2, 0.25) is 5.92 Å². The minimum absolute atomic E-state index is 0.0437. The summed E-state index contributed by atoms with van der Waals surface area (Å²) in [5, 5.41) is 15.2. The lowest BCUT2D eigenvalue weighted by Gasteiger charge is -2.32. The number of rotatable bonds is 6. The van der Waals surface area contributed by atoms with Gasteiger partial charge in [-0.15, -0.1) is 0 Å².